The van der Waals surface area contributed by atoms with Crippen LogP contribution in [-0.2, 0) is 6.54 Å². The molecule has 1 saturated carbocycles. The van der Waals surface area contributed by atoms with Crippen LogP contribution < -0.4 is 0 Å². The predicted octanol–water partition coefficient (Wildman–Crippen LogP) is 6.25. The highest BCUT2D eigenvalue weighted by Crippen LogP contribution is 2.31. The van der Waals surface area contributed by atoms with Crippen molar-refractivity contribution in [2.24, 2.45) is 5.92 Å². The Morgan fingerprint density at radius 2 is 1.85 bits per heavy atom. The van der Waals surface area contributed by atoms with Gasteiger partial charge in [-0.05, 0) is 31.0 Å². The van der Waals surface area contributed by atoms with E-state index in [1.54, 1.807) is 12.1 Å². The lowest BCUT2D eigenvalue weighted by atomic mass is 9.84. The molecule has 26 heavy (non-hydrogen) atoms. The molecule has 0 N–H and O–H groups in total. The lowest BCUT2D eigenvalue weighted by Crippen LogP contribution is -2.17. The second-order valence-corrected chi connectivity index (χ2v) is 7.49. The van der Waals surface area contributed by atoms with Crippen LogP contribution in [0.25, 0.3) is 10.9 Å². The van der Waals surface area contributed by atoms with E-state index < -0.39 is 0 Å². The number of para-hydroxylation sites is 1. The average molecular weight is 370 g/mol. The van der Waals surface area contributed by atoms with Crippen molar-refractivity contribution in [1.82, 2.24) is 4.57 Å². The zero-order valence-electron chi connectivity index (χ0n) is 14.6. The van der Waals surface area contributed by atoms with E-state index in [4.69, 9.17) is 11.6 Å². The molecular weight excluding hydrogens is 349 g/mol. The first-order chi connectivity index (χ1) is 12.6. The van der Waals surface area contributed by atoms with E-state index >= 15 is 0 Å². The van der Waals surface area contributed by atoms with E-state index in [1.165, 1.54) is 12.5 Å². The topological polar surface area (TPSA) is 22.0 Å². The normalized spacial score (nSPS) is 15.5. The van der Waals surface area contributed by atoms with Crippen LogP contribution in [0.1, 0.15) is 48.0 Å². The van der Waals surface area contributed by atoms with Gasteiger partial charge in [0.05, 0.1) is 6.54 Å². The number of ketones is 1. The van der Waals surface area contributed by atoms with Crippen LogP contribution >= 0.6 is 11.6 Å². The number of Topliss-reactive ketones (excluding diaryl/α,β-unsaturated/α-hetero) is 1. The van der Waals surface area contributed by atoms with Crippen molar-refractivity contribution in [3.05, 3.63) is 70.6 Å². The Morgan fingerprint density at radius 3 is 2.62 bits per heavy atom. The molecule has 2 aromatic carbocycles. The first-order valence-electron chi connectivity index (χ1n) is 9.20. The molecule has 0 radical (unpaired) electrons. The summed E-state index contributed by atoms with van der Waals surface area (Å²) in [7, 11) is 0. The highest BCUT2D eigenvalue weighted by molar-refractivity contribution is 6.31. The van der Waals surface area contributed by atoms with Crippen molar-refractivity contribution in [1.29, 1.82) is 0 Å². The predicted molar refractivity (Wildman–Crippen MR) is 103 cm³/mol. The van der Waals surface area contributed by atoms with Crippen molar-refractivity contribution < 1.29 is 9.18 Å². The molecule has 3 aromatic rings. The smallest absolute Gasteiger partial charge is 0.168 e. The maximum absolute atomic E-state index is 14.2. The van der Waals surface area contributed by atoms with Crippen molar-refractivity contribution in [2.75, 3.05) is 0 Å². The highest BCUT2D eigenvalue weighted by atomic mass is 35.5. The summed E-state index contributed by atoms with van der Waals surface area (Å²) in [4.78, 5) is 13.1. The van der Waals surface area contributed by atoms with Gasteiger partial charge < -0.3 is 4.57 Å². The van der Waals surface area contributed by atoms with E-state index in [1.807, 2.05) is 35.0 Å². The molecular formula is C22H21ClFNO. The Morgan fingerprint density at radius 1 is 1.08 bits per heavy atom. The van der Waals surface area contributed by atoms with Crippen LogP contribution in [0, 0.1) is 11.7 Å². The van der Waals surface area contributed by atoms with Crippen LogP contribution in [0.5, 0.6) is 0 Å². The van der Waals surface area contributed by atoms with Crippen LogP contribution in [0.3, 0.4) is 0 Å². The quantitative estimate of drug-likeness (QED) is 0.498. The number of halogens is 2. The van der Waals surface area contributed by atoms with Gasteiger partial charge in [0.1, 0.15) is 5.82 Å². The molecule has 0 atom stereocenters. The van der Waals surface area contributed by atoms with E-state index in [-0.39, 0.29) is 17.5 Å². The summed E-state index contributed by atoms with van der Waals surface area (Å²) in [6, 6.07) is 12.6. The van der Waals surface area contributed by atoms with E-state index in [0.717, 1.165) is 42.1 Å². The molecule has 0 aliphatic heterocycles. The number of fused-ring (bicyclic) bond motifs is 1. The van der Waals surface area contributed by atoms with Gasteiger partial charge >= 0.3 is 0 Å². The minimum Gasteiger partial charge on any atom is -0.342 e. The second kappa shape index (κ2) is 7.24. The number of hydrogen-bond donors (Lipinski definition) is 0. The van der Waals surface area contributed by atoms with Gasteiger partial charge in [0.25, 0.3) is 0 Å². The number of hydrogen-bond acceptors (Lipinski definition) is 1. The number of benzene rings is 2. The minimum atomic E-state index is -0.324. The summed E-state index contributed by atoms with van der Waals surface area (Å²) in [6.07, 6.45) is 7.29. The Bertz CT molecular complexity index is 936. The molecule has 0 bridgehead atoms. The van der Waals surface area contributed by atoms with Crippen LogP contribution in [0.2, 0.25) is 5.02 Å². The fourth-order valence-electron chi connectivity index (χ4n) is 4.01. The number of aromatic nitrogens is 1. The lowest BCUT2D eigenvalue weighted by molar-refractivity contribution is 0.0891. The van der Waals surface area contributed by atoms with Crippen LogP contribution in [-0.4, -0.2) is 10.4 Å². The summed E-state index contributed by atoms with van der Waals surface area (Å²) in [5, 5.41) is 1.35. The fraction of sp³-hybridized carbons (Fsp3) is 0.318. The van der Waals surface area contributed by atoms with Crippen molar-refractivity contribution in [3.8, 4) is 0 Å². The summed E-state index contributed by atoms with van der Waals surface area (Å²) in [6.45, 7) is 0.309. The first kappa shape index (κ1) is 17.3. The summed E-state index contributed by atoms with van der Waals surface area (Å²) in [5.74, 6) is 0.00905. The summed E-state index contributed by atoms with van der Waals surface area (Å²) < 4.78 is 16.2. The Labute approximate surface area is 157 Å². The van der Waals surface area contributed by atoms with Gasteiger partial charge in [-0.3, -0.25) is 4.79 Å². The molecule has 1 aliphatic rings. The lowest BCUT2D eigenvalue weighted by Gasteiger charge is -2.19. The van der Waals surface area contributed by atoms with Crippen molar-refractivity contribution >= 4 is 28.3 Å². The minimum absolute atomic E-state index is 0.111. The van der Waals surface area contributed by atoms with Crippen molar-refractivity contribution in [3.63, 3.8) is 0 Å². The standard InChI is InChI=1S/C22H21ClFNO/c23-19-10-6-11-20(24)18(19)14-25-13-17(16-9-4-5-12-21(16)25)22(26)15-7-2-1-3-8-15/h4-6,9-13,15H,1-3,7-8,14H2. The molecule has 0 amide bonds. The zero-order valence-corrected chi connectivity index (χ0v) is 15.3. The number of carbonyl (C=O) groups excluding carboxylic acids is 1. The van der Waals surface area contributed by atoms with Gasteiger partial charge in [-0.15, -0.1) is 0 Å². The van der Waals surface area contributed by atoms with Gasteiger partial charge in [0.2, 0.25) is 0 Å². The fourth-order valence-corrected chi connectivity index (χ4v) is 4.24. The third kappa shape index (κ3) is 3.16. The SMILES string of the molecule is O=C(c1cn(Cc2c(F)cccc2Cl)c2ccccc12)C1CCCCC1. The Balaban J connectivity index is 1.75. The van der Waals surface area contributed by atoms with Gasteiger partial charge in [0.15, 0.2) is 5.78 Å². The molecule has 4 rings (SSSR count). The Kier molecular flexibility index (Phi) is 4.82. The van der Waals surface area contributed by atoms with E-state index in [9.17, 15) is 9.18 Å². The zero-order chi connectivity index (χ0) is 18.1. The van der Waals surface area contributed by atoms with Gasteiger partial charge in [-0.1, -0.05) is 55.1 Å². The Hall–Kier alpha value is -2.13. The van der Waals surface area contributed by atoms with Crippen molar-refractivity contribution in [2.45, 2.75) is 38.6 Å². The largest absolute Gasteiger partial charge is 0.342 e. The second-order valence-electron chi connectivity index (χ2n) is 7.09. The molecule has 0 unspecified atom stereocenters. The van der Waals surface area contributed by atoms with Gasteiger partial charge in [-0.25, -0.2) is 4.39 Å². The molecule has 1 heterocycles. The highest BCUT2D eigenvalue weighted by Gasteiger charge is 2.25. The molecule has 2 nitrogen and oxygen atoms in total. The molecule has 4 heteroatoms. The maximum atomic E-state index is 14.2. The summed E-state index contributed by atoms with van der Waals surface area (Å²) >= 11 is 6.20. The average Bonchev–Trinajstić information content (AvgIpc) is 3.04. The number of carbonyl (C=O) groups is 1. The third-order valence-corrected chi connectivity index (χ3v) is 5.77. The third-order valence-electron chi connectivity index (χ3n) is 5.42. The molecule has 1 fully saturated rings. The van der Waals surface area contributed by atoms with E-state index in [0.29, 0.717) is 17.1 Å². The molecule has 134 valence electrons. The number of rotatable bonds is 4. The molecule has 1 aliphatic carbocycles. The molecule has 0 spiro atoms. The van der Waals surface area contributed by atoms with E-state index in [2.05, 4.69) is 0 Å². The first-order valence-corrected chi connectivity index (χ1v) is 9.58. The molecule has 1 aromatic heterocycles. The monoisotopic (exact) mass is 369 g/mol. The van der Waals surface area contributed by atoms with Gasteiger partial charge in [-0.2, -0.15) is 0 Å². The summed E-state index contributed by atoms with van der Waals surface area (Å²) in [5.41, 5.74) is 2.14. The maximum Gasteiger partial charge on any atom is 0.168 e. The van der Waals surface area contributed by atoms with Crippen LogP contribution in [0.4, 0.5) is 4.39 Å². The molecule has 0 saturated heterocycles. The van der Waals surface area contributed by atoms with Gasteiger partial charge in [0, 0.05) is 39.2 Å². The van der Waals surface area contributed by atoms with Crippen LogP contribution in [0.15, 0.2) is 48.7 Å². The number of nitrogens with zero attached hydrogens (tertiary/aromatic N) is 1.